The van der Waals surface area contributed by atoms with E-state index in [4.69, 9.17) is 0 Å². The largest absolute Gasteiger partial charge is 0.299 e. The molecule has 0 amide bonds. The van der Waals surface area contributed by atoms with E-state index < -0.39 is 0 Å². The van der Waals surface area contributed by atoms with E-state index in [0.717, 1.165) is 25.7 Å². The van der Waals surface area contributed by atoms with Crippen LogP contribution in [-0.2, 0) is 11.2 Å². The van der Waals surface area contributed by atoms with Gasteiger partial charge in [0.1, 0.15) is 5.78 Å². The van der Waals surface area contributed by atoms with Gasteiger partial charge < -0.3 is 0 Å². The summed E-state index contributed by atoms with van der Waals surface area (Å²) in [5, 5.41) is 0. The predicted octanol–water partition coefficient (Wildman–Crippen LogP) is 4.40. The molecule has 0 spiro atoms. The Morgan fingerprint density at radius 3 is 2.50 bits per heavy atom. The van der Waals surface area contributed by atoms with Gasteiger partial charge in [0.05, 0.1) is 0 Å². The number of hydrogen-bond acceptors (Lipinski definition) is 1. The van der Waals surface area contributed by atoms with Gasteiger partial charge in [0.2, 0.25) is 0 Å². The lowest BCUT2D eigenvalue weighted by atomic mass is 9.81. The highest BCUT2D eigenvalue weighted by molar-refractivity contribution is 5.83. The topological polar surface area (TPSA) is 17.1 Å². The third-order valence-corrected chi connectivity index (χ3v) is 4.20. The van der Waals surface area contributed by atoms with Gasteiger partial charge in [-0.1, -0.05) is 56.5 Å². The van der Waals surface area contributed by atoms with Gasteiger partial charge in [-0.05, 0) is 31.2 Å². The zero-order valence-corrected chi connectivity index (χ0v) is 11.4. The van der Waals surface area contributed by atoms with Gasteiger partial charge in [-0.3, -0.25) is 4.79 Å². The van der Waals surface area contributed by atoms with Crippen molar-refractivity contribution in [1.29, 1.82) is 0 Å². The minimum Gasteiger partial charge on any atom is -0.299 e. The molecule has 1 aromatic carbocycles. The van der Waals surface area contributed by atoms with Crippen LogP contribution in [0.5, 0.6) is 0 Å². The second-order valence-electron chi connectivity index (χ2n) is 5.66. The van der Waals surface area contributed by atoms with Gasteiger partial charge in [0, 0.05) is 11.8 Å². The maximum atomic E-state index is 12.3. The van der Waals surface area contributed by atoms with Crippen molar-refractivity contribution in [2.24, 2.45) is 11.8 Å². The van der Waals surface area contributed by atoms with E-state index in [1.165, 1.54) is 24.8 Å². The molecule has 1 aliphatic carbocycles. The first-order valence-electron chi connectivity index (χ1n) is 7.35. The first-order valence-corrected chi connectivity index (χ1v) is 7.35. The zero-order valence-electron chi connectivity index (χ0n) is 11.4. The minimum atomic E-state index is 0.230. The Kier molecular flexibility index (Phi) is 4.98. The first kappa shape index (κ1) is 13.3. The molecule has 0 aromatic heterocycles. The number of rotatable bonds is 5. The van der Waals surface area contributed by atoms with Crippen LogP contribution in [0.4, 0.5) is 0 Å². The molecule has 1 nitrogen and oxygen atoms in total. The number of carbonyl (C=O) groups is 1. The van der Waals surface area contributed by atoms with Crippen LogP contribution in [-0.4, -0.2) is 5.78 Å². The number of aryl methyl sites for hydroxylation is 1. The van der Waals surface area contributed by atoms with Crippen LogP contribution in [0.3, 0.4) is 0 Å². The summed E-state index contributed by atoms with van der Waals surface area (Å²) >= 11 is 0. The lowest BCUT2D eigenvalue weighted by molar-refractivity contribution is -0.127. The fourth-order valence-corrected chi connectivity index (χ4v) is 2.96. The van der Waals surface area contributed by atoms with E-state index in [1.807, 2.05) is 6.07 Å². The van der Waals surface area contributed by atoms with Gasteiger partial charge in [-0.15, -0.1) is 0 Å². The molecule has 1 fully saturated rings. The molecular weight excluding hydrogens is 220 g/mol. The molecule has 0 bridgehead atoms. The summed E-state index contributed by atoms with van der Waals surface area (Å²) in [5.41, 5.74) is 1.35. The number of ketones is 1. The average Bonchev–Trinajstić information content (AvgIpc) is 2.46. The van der Waals surface area contributed by atoms with Crippen LogP contribution in [0, 0.1) is 11.8 Å². The maximum absolute atomic E-state index is 12.3. The monoisotopic (exact) mass is 244 g/mol. The molecule has 0 N–H and O–H groups in total. The van der Waals surface area contributed by atoms with E-state index in [1.54, 1.807) is 0 Å². The highest BCUT2D eigenvalue weighted by atomic mass is 16.1. The van der Waals surface area contributed by atoms with Crippen LogP contribution in [0.15, 0.2) is 30.3 Å². The lowest BCUT2D eigenvalue weighted by Gasteiger charge is -2.23. The molecule has 98 valence electrons. The van der Waals surface area contributed by atoms with Crippen molar-refractivity contribution in [3.63, 3.8) is 0 Å². The Morgan fingerprint density at radius 1 is 1.17 bits per heavy atom. The molecule has 1 heteroatoms. The zero-order chi connectivity index (χ0) is 12.8. The Balaban J connectivity index is 1.80. The Morgan fingerprint density at radius 2 is 1.83 bits per heavy atom. The summed E-state index contributed by atoms with van der Waals surface area (Å²) in [4.78, 5) is 12.3. The van der Waals surface area contributed by atoms with Crippen molar-refractivity contribution in [3.05, 3.63) is 35.9 Å². The lowest BCUT2D eigenvalue weighted by Crippen LogP contribution is -2.24. The standard InChI is InChI=1S/C17H24O/c1-14(12-13-15-8-4-2-5-9-15)17(18)16-10-6-3-7-11-16/h2,4-5,8-9,14,16H,3,6-7,10-13H2,1H3. The van der Waals surface area contributed by atoms with Crippen LogP contribution in [0.2, 0.25) is 0 Å². The normalized spacial score (nSPS) is 18.5. The van der Waals surface area contributed by atoms with Gasteiger partial charge >= 0.3 is 0 Å². The Labute approximate surface area is 111 Å². The average molecular weight is 244 g/mol. The second kappa shape index (κ2) is 6.72. The van der Waals surface area contributed by atoms with E-state index in [9.17, 15) is 4.79 Å². The number of carbonyl (C=O) groups excluding carboxylic acids is 1. The summed E-state index contributed by atoms with van der Waals surface area (Å²) in [5.74, 6) is 1.11. The number of benzene rings is 1. The highest BCUT2D eigenvalue weighted by Gasteiger charge is 2.24. The molecule has 1 unspecified atom stereocenters. The van der Waals surface area contributed by atoms with E-state index in [-0.39, 0.29) is 5.92 Å². The van der Waals surface area contributed by atoms with Crippen molar-refractivity contribution < 1.29 is 4.79 Å². The highest BCUT2D eigenvalue weighted by Crippen LogP contribution is 2.27. The smallest absolute Gasteiger partial charge is 0.138 e. The van der Waals surface area contributed by atoms with Gasteiger partial charge in [-0.25, -0.2) is 0 Å². The molecule has 1 atom stereocenters. The van der Waals surface area contributed by atoms with Gasteiger partial charge in [-0.2, -0.15) is 0 Å². The van der Waals surface area contributed by atoms with Crippen molar-refractivity contribution in [2.45, 2.75) is 51.9 Å². The molecule has 18 heavy (non-hydrogen) atoms. The third kappa shape index (κ3) is 3.69. The summed E-state index contributed by atoms with van der Waals surface area (Å²) in [7, 11) is 0. The van der Waals surface area contributed by atoms with Gasteiger partial charge in [0.25, 0.3) is 0 Å². The fourth-order valence-electron chi connectivity index (χ4n) is 2.96. The molecule has 0 radical (unpaired) electrons. The molecule has 0 heterocycles. The molecule has 2 rings (SSSR count). The van der Waals surface area contributed by atoms with Crippen LogP contribution in [0.1, 0.15) is 51.0 Å². The molecule has 1 aromatic rings. The molecule has 1 aliphatic rings. The van der Waals surface area contributed by atoms with E-state index in [0.29, 0.717) is 11.7 Å². The maximum Gasteiger partial charge on any atom is 0.138 e. The molecular formula is C17H24O. The van der Waals surface area contributed by atoms with Gasteiger partial charge in [0.15, 0.2) is 0 Å². The van der Waals surface area contributed by atoms with E-state index in [2.05, 4.69) is 31.2 Å². The Hall–Kier alpha value is -1.11. The third-order valence-electron chi connectivity index (χ3n) is 4.20. The number of hydrogen-bond donors (Lipinski definition) is 0. The van der Waals surface area contributed by atoms with Crippen molar-refractivity contribution >= 4 is 5.78 Å². The quantitative estimate of drug-likeness (QED) is 0.750. The summed E-state index contributed by atoms with van der Waals surface area (Å²) < 4.78 is 0. The van der Waals surface area contributed by atoms with Crippen molar-refractivity contribution in [3.8, 4) is 0 Å². The molecule has 1 saturated carbocycles. The predicted molar refractivity (Wildman–Crippen MR) is 75.5 cm³/mol. The minimum absolute atomic E-state index is 0.230. The summed E-state index contributed by atoms with van der Waals surface area (Å²) in [6.07, 6.45) is 8.12. The van der Waals surface area contributed by atoms with E-state index >= 15 is 0 Å². The second-order valence-corrected chi connectivity index (χ2v) is 5.66. The molecule has 0 aliphatic heterocycles. The molecule has 0 saturated heterocycles. The number of Topliss-reactive ketones (excluding diaryl/α,β-unsaturated/α-hetero) is 1. The van der Waals surface area contributed by atoms with Crippen LogP contribution < -0.4 is 0 Å². The first-order chi connectivity index (χ1) is 8.77. The fraction of sp³-hybridized carbons (Fsp3) is 0.588. The Bertz CT molecular complexity index is 362. The van der Waals surface area contributed by atoms with Crippen molar-refractivity contribution in [1.82, 2.24) is 0 Å². The van der Waals surface area contributed by atoms with Crippen LogP contribution >= 0.6 is 0 Å². The van der Waals surface area contributed by atoms with Crippen LogP contribution in [0.25, 0.3) is 0 Å². The summed E-state index contributed by atoms with van der Waals surface area (Å²) in [6.45, 7) is 2.11. The van der Waals surface area contributed by atoms with Crippen molar-refractivity contribution in [2.75, 3.05) is 0 Å². The SMILES string of the molecule is CC(CCc1ccccc1)C(=O)C1CCCCC1. The summed E-state index contributed by atoms with van der Waals surface area (Å²) in [6, 6.07) is 10.5.